The van der Waals surface area contributed by atoms with Gasteiger partial charge in [-0.2, -0.15) is 0 Å². The number of nitrogens with one attached hydrogen (secondary N) is 2. The van der Waals surface area contributed by atoms with Crippen LogP contribution < -0.4 is 10.0 Å². The van der Waals surface area contributed by atoms with Crippen molar-refractivity contribution >= 4 is 33.3 Å². The van der Waals surface area contributed by atoms with E-state index in [-0.39, 0.29) is 11.6 Å². The first-order valence-corrected chi connectivity index (χ1v) is 7.45. The number of aliphatic carboxylic acids is 1. The van der Waals surface area contributed by atoms with Gasteiger partial charge in [0, 0.05) is 17.8 Å². The van der Waals surface area contributed by atoms with Crippen LogP contribution >= 0.6 is 0 Å². The van der Waals surface area contributed by atoms with Crippen molar-refractivity contribution in [3.8, 4) is 0 Å². The maximum atomic E-state index is 11.7. The monoisotopic (exact) mass is 300 g/mol. The number of carboxylic acids is 1. The lowest BCUT2D eigenvalue weighted by molar-refractivity contribution is -0.136. The molecule has 20 heavy (non-hydrogen) atoms. The van der Waals surface area contributed by atoms with E-state index >= 15 is 0 Å². The molecule has 1 unspecified atom stereocenters. The van der Waals surface area contributed by atoms with Crippen LogP contribution in [0.15, 0.2) is 24.3 Å². The second-order valence-corrected chi connectivity index (χ2v) is 6.11. The van der Waals surface area contributed by atoms with E-state index in [0.29, 0.717) is 12.1 Å². The fraction of sp³-hybridized carbons (Fsp3) is 0.333. The largest absolute Gasteiger partial charge is 0.480 e. The first-order chi connectivity index (χ1) is 9.26. The van der Waals surface area contributed by atoms with Gasteiger partial charge in [-0.3, -0.25) is 14.3 Å². The lowest BCUT2D eigenvalue weighted by Gasteiger charge is -2.11. The number of benzene rings is 1. The van der Waals surface area contributed by atoms with Crippen LogP contribution in [0.2, 0.25) is 0 Å². The molecule has 1 aromatic carbocycles. The van der Waals surface area contributed by atoms with Gasteiger partial charge in [-0.25, -0.2) is 8.42 Å². The third kappa shape index (κ3) is 4.23. The van der Waals surface area contributed by atoms with E-state index in [2.05, 4.69) is 10.0 Å². The average Bonchev–Trinajstić information content (AvgIpc) is 2.39. The van der Waals surface area contributed by atoms with Crippen LogP contribution in [0.1, 0.15) is 20.3 Å². The molecule has 0 radical (unpaired) electrons. The second-order valence-electron chi connectivity index (χ2n) is 4.11. The van der Waals surface area contributed by atoms with E-state index in [4.69, 9.17) is 5.11 Å². The average molecular weight is 300 g/mol. The van der Waals surface area contributed by atoms with Crippen LogP contribution in [0.25, 0.3) is 0 Å². The van der Waals surface area contributed by atoms with Crippen molar-refractivity contribution < 1.29 is 23.1 Å². The molecule has 0 spiro atoms. The molecule has 0 aromatic heterocycles. The minimum atomic E-state index is -3.99. The molecule has 7 nitrogen and oxygen atoms in total. The highest BCUT2D eigenvalue weighted by atomic mass is 32.2. The highest BCUT2D eigenvalue weighted by Crippen LogP contribution is 2.16. The van der Waals surface area contributed by atoms with Crippen LogP contribution in [0.3, 0.4) is 0 Å². The normalized spacial score (nSPS) is 12.5. The molecule has 8 heteroatoms. The summed E-state index contributed by atoms with van der Waals surface area (Å²) in [5.41, 5.74) is 0.763. The van der Waals surface area contributed by atoms with E-state index in [9.17, 15) is 18.0 Å². The summed E-state index contributed by atoms with van der Waals surface area (Å²) in [6.07, 6.45) is 0.338. The van der Waals surface area contributed by atoms with Crippen LogP contribution in [0, 0.1) is 0 Å². The predicted molar refractivity (Wildman–Crippen MR) is 75.0 cm³/mol. The van der Waals surface area contributed by atoms with Gasteiger partial charge in [0.15, 0.2) is 5.25 Å². The number of hydrogen-bond acceptors (Lipinski definition) is 4. The van der Waals surface area contributed by atoms with Crippen LogP contribution in [0.4, 0.5) is 11.4 Å². The molecular formula is C12H16N2O5S. The lowest BCUT2D eigenvalue weighted by Crippen LogP contribution is -2.32. The van der Waals surface area contributed by atoms with Crippen LogP contribution in [0.5, 0.6) is 0 Å². The van der Waals surface area contributed by atoms with Crippen molar-refractivity contribution in [3.63, 3.8) is 0 Å². The molecule has 0 aliphatic heterocycles. The standard InChI is InChI=1S/C12H16N2O5S/c1-3-11(15)13-9-4-6-10(7-5-9)14-20(18,19)8(2)12(16)17/h4-8,14H,3H2,1-2H3,(H,13,15)(H,16,17). The van der Waals surface area contributed by atoms with Gasteiger partial charge in [-0.15, -0.1) is 0 Å². The Morgan fingerprint density at radius 2 is 1.70 bits per heavy atom. The highest BCUT2D eigenvalue weighted by molar-refractivity contribution is 7.94. The number of carbonyl (C=O) groups is 2. The predicted octanol–water partition coefficient (Wildman–Crippen LogP) is 1.25. The Morgan fingerprint density at radius 1 is 1.20 bits per heavy atom. The van der Waals surface area contributed by atoms with Gasteiger partial charge in [0.1, 0.15) is 0 Å². The summed E-state index contributed by atoms with van der Waals surface area (Å²) in [7, 11) is -3.99. The maximum Gasteiger partial charge on any atom is 0.323 e. The summed E-state index contributed by atoms with van der Waals surface area (Å²) >= 11 is 0. The van der Waals surface area contributed by atoms with Gasteiger partial charge in [-0.05, 0) is 31.2 Å². The molecule has 3 N–H and O–H groups in total. The number of carbonyl (C=O) groups excluding carboxylic acids is 1. The van der Waals surface area contributed by atoms with Crippen LogP contribution in [-0.2, 0) is 19.6 Å². The summed E-state index contributed by atoms with van der Waals surface area (Å²) in [6.45, 7) is 2.80. The zero-order valence-corrected chi connectivity index (χ0v) is 11.9. The first kappa shape index (κ1) is 16.0. The second kappa shape index (κ2) is 6.38. The zero-order chi connectivity index (χ0) is 15.3. The minimum absolute atomic E-state index is 0.155. The molecular weight excluding hydrogens is 284 g/mol. The van der Waals surface area contributed by atoms with Gasteiger partial charge < -0.3 is 10.4 Å². The topological polar surface area (TPSA) is 113 Å². The Labute approximate surface area is 117 Å². The van der Waals surface area contributed by atoms with Crippen molar-refractivity contribution in [2.75, 3.05) is 10.0 Å². The smallest absolute Gasteiger partial charge is 0.323 e. The molecule has 0 fully saturated rings. The van der Waals surface area contributed by atoms with E-state index in [1.807, 2.05) is 0 Å². The Balaban J connectivity index is 2.80. The molecule has 0 saturated carbocycles. The Hall–Kier alpha value is -2.09. The van der Waals surface area contributed by atoms with Gasteiger partial charge in [0.05, 0.1) is 0 Å². The van der Waals surface area contributed by atoms with Crippen molar-refractivity contribution in [1.82, 2.24) is 0 Å². The Morgan fingerprint density at radius 3 is 2.15 bits per heavy atom. The number of amides is 1. The third-order valence-electron chi connectivity index (χ3n) is 2.56. The number of hydrogen-bond donors (Lipinski definition) is 3. The van der Waals surface area contributed by atoms with Gasteiger partial charge >= 0.3 is 5.97 Å². The summed E-state index contributed by atoms with van der Waals surface area (Å²) in [5, 5.41) is 9.76. The number of anilines is 2. The molecule has 0 aliphatic carbocycles. The maximum absolute atomic E-state index is 11.7. The fourth-order valence-corrected chi connectivity index (χ4v) is 2.16. The summed E-state index contributed by atoms with van der Waals surface area (Å²) < 4.78 is 25.6. The number of carboxylic acid groups (broad SMARTS) is 1. The van der Waals surface area contributed by atoms with Crippen molar-refractivity contribution in [2.24, 2.45) is 0 Å². The van der Waals surface area contributed by atoms with E-state index in [0.717, 1.165) is 6.92 Å². The van der Waals surface area contributed by atoms with E-state index in [1.54, 1.807) is 6.92 Å². The van der Waals surface area contributed by atoms with Crippen molar-refractivity contribution in [3.05, 3.63) is 24.3 Å². The lowest BCUT2D eigenvalue weighted by atomic mass is 10.3. The third-order valence-corrected chi connectivity index (χ3v) is 4.22. The fourth-order valence-electron chi connectivity index (χ4n) is 1.26. The molecule has 1 rings (SSSR count). The van der Waals surface area contributed by atoms with Crippen LogP contribution in [-0.4, -0.2) is 30.7 Å². The molecule has 0 aliphatic rings. The quantitative estimate of drug-likeness (QED) is 0.732. The minimum Gasteiger partial charge on any atom is -0.480 e. The zero-order valence-electron chi connectivity index (χ0n) is 11.1. The first-order valence-electron chi connectivity index (χ1n) is 5.90. The van der Waals surface area contributed by atoms with E-state index in [1.165, 1.54) is 24.3 Å². The van der Waals surface area contributed by atoms with Crippen molar-refractivity contribution in [2.45, 2.75) is 25.5 Å². The summed E-state index contributed by atoms with van der Waals surface area (Å²) in [6, 6.07) is 5.93. The van der Waals surface area contributed by atoms with Crippen molar-refractivity contribution in [1.29, 1.82) is 0 Å². The number of rotatable bonds is 6. The summed E-state index contributed by atoms with van der Waals surface area (Å²) in [5.74, 6) is -1.58. The molecule has 0 saturated heterocycles. The highest BCUT2D eigenvalue weighted by Gasteiger charge is 2.27. The van der Waals surface area contributed by atoms with Gasteiger partial charge in [-0.1, -0.05) is 6.92 Å². The molecule has 1 amide bonds. The molecule has 0 heterocycles. The molecule has 1 atom stereocenters. The Bertz CT molecular complexity index is 595. The SMILES string of the molecule is CCC(=O)Nc1ccc(NS(=O)(=O)C(C)C(=O)O)cc1. The van der Waals surface area contributed by atoms with Gasteiger partial charge in [0.25, 0.3) is 0 Å². The van der Waals surface area contributed by atoms with Gasteiger partial charge in [0.2, 0.25) is 15.9 Å². The number of sulfonamides is 1. The summed E-state index contributed by atoms with van der Waals surface area (Å²) in [4.78, 5) is 21.8. The molecule has 0 bridgehead atoms. The van der Waals surface area contributed by atoms with E-state index < -0.39 is 21.2 Å². The molecule has 110 valence electrons. The Kier molecular flexibility index (Phi) is 5.09. The molecule has 1 aromatic rings.